The van der Waals surface area contributed by atoms with E-state index in [2.05, 4.69) is 30.8 Å². The number of aromatic hydroxyl groups is 1. The minimum atomic E-state index is -5.14. The van der Waals surface area contributed by atoms with Crippen LogP contribution >= 0.6 is 23.2 Å². The van der Waals surface area contributed by atoms with E-state index < -0.39 is 73.5 Å². The monoisotopic (exact) mass is 667 g/mol. The van der Waals surface area contributed by atoms with E-state index in [1.54, 1.807) is 0 Å². The molecule has 17 nitrogen and oxygen atoms in total. The molecule has 3 aromatic carbocycles. The van der Waals surface area contributed by atoms with Gasteiger partial charge in [-0.2, -0.15) is 25.3 Å². The average Bonchev–Trinajstić information content (AvgIpc) is 2.81. The molecule has 1 aliphatic rings. The lowest BCUT2D eigenvalue weighted by molar-refractivity contribution is 0.471. The first-order valence-corrected chi connectivity index (χ1v) is 15.5. The molecule has 22 heteroatoms. The van der Waals surface area contributed by atoms with Gasteiger partial charge < -0.3 is 21.5 Å². The zero-order valence-electron chi connectivity index (χ0n) is 19.6. The molecule has 0 bridgehead atoms. The van der Waals surface area contributed by atoms with E-state index in [1.165, 1.54) is 6.07 Å². The van der Waals surface area contributed by atoms with Gasteiger partial charge in [0.2, 0.25) is 16.9 Å². The fraction of sp³-hybridized carbons (Fsp3) is 0.0526. The van der Waals surface area contributed by atoms with Gasteiger partial charge in [0.05, 0.1) is 10.6 Å². The summed E-state index contributed by atoms with van der Waals surface area (Å²) in [7, 11) is -15.0. The topological polar surface area (TPSA) is 283 Å². The van der Waals surface area contributed by atoms with Crippen LogP contribution in [0.4, 0.5) is 22.7 Å². The minimum Gasteiger partial charge on any atom is -0.507 e. The van der Waals surface area contributed by atoms with Gasteiger partial charge in [-0.25, -0.2) is 9.98 Å². The number of rotatable bonds is 6. The number of amidine groups is 1. The van der Waals surface area contributed by atoms with E-state index >= 15 is 0 Å². The summed E-state index contributed by atoms with van der Waals surface area (Å²) in [6.07, 6.45) is 0. The van der Waals surface area contributed by atoms with Gasteiger partial charge in [0, 0.05) is 17.1 Å². The Kier molecular flexibility index (Phi) is 7.88. The zero-order chi connectivity index (χ0) is 30.5. The number of azo groups is 1. The van der Waals surface area contributed by atoms with Crippen molar-refractivity contribution in [3.63, 3.8) is 0 Å². The average molecular weight is 668 g/mol. The number of guanidine groups is 1. The second-order valence-electron chi connectivity index (χ2n) is 7.94. The summed E-state index contributed by atoms with van der Waals surface area (Å²) in [5.41, 5.74) is 3.00. The number of halogens is 2. The highest BCUT2D eigenvalue weighted by Gasteiger charge is 2.25. The summed E-state index contributed by atoms with van der Waals surface area (Å²) in [5.74, 6) is -0.844. The third-order valence-corrected chi connectivity index (χ3v) is 8.15. The highest BCUT2D eigenvalue weighted by Crippen LogP contribution is 2.43. The standard InChI is InChI=1S/C19H15Cl2N7O10S3/c20-17-24-18(21)26-19(25-17)23-8-1-2-10(12(5-8)40(33,34)35)27-28-16-13(41(36,37)38)4-7-3-9(39(30,31)32)6-11(29)14(7)15(16)22/h1-6,17,29H,22H2,(H,30,31,32)(H,33,34,35)(H,36,37,38)(H2,23,24,25,26). The molecule has 0 saturated heterocycles. The number of nitrogens with zero attached hydrogens (tertiary/aromatic N) is 4. The third kappa shape index (κ3) is 6.65. The van der Waals surface area contributed by atoms with E-state index in [1.807, 2.05) is 0 Å². The Morgan fingerprint density at radius 2 is 1.56 bits per heavy atom. The second kappa shape index (κ2) is 10.6. The van der Waals surface area contributed by atoms with Crippen LogP contribution in [0, 0.1) is 0 Å². The van der Waals surface area contributed by atoms with Crippen molar-refractivity contribution in [2.75, 3.05) is 11.1 Å². The van der Waals surface area contributed by atoms with Crippen LogP contribution in [0.5, 0.6) is 5.75 Å². The van der Waals surface area contributed by atoms with Crippen molar-refractivity contribution in [1.29, 1.82) is 0 Å². The molecule has 0 aliphatic carbocycles. The van der Waals surface area contributed by atoms with Crippen molar-refractivity contribution in [1.82, 2.24) is 5.32 Å². The van der Waals surface area contributed by atoms with E-state index in [0.717, 1.165) is 18.2 Å². The first kappa shape index (κ1) is 30.3. The number of alkyl halides is 1. The summed E-state index contributed by atoms with van der Waals surface area (Å²) in [6, 6.07) is 5.30. The number of anilines is 2. The molecule has 1 unspecified atom stereocenters. The highest BCUT2D eigenvalue weighted by molar-refractivity contribution is 7.86. The maximum Gasteiger partial charge on any atom is 0.296 e. The van der Waals surface area contributed by atoms with Crippen LogP contribution in [-0.2, 0) is 30.4 Å². The predicted molar refractivity (Wildman–Crippen MR) is 147 cm³/mol. The number of fused-ring (bicyclic) bond motifs is 1. The number of phenols is 1. The van der Waals surface area contributed by atoms with Gasteiger partial charge in [0.15, 0.2) is 0 Å². The molecular formula is C19H15Cl2N7O10S3. The lowest BCUT2D eigenvalue weighted by atomic mass is 10.1. The molecule has 41 heavy (non-hydrogen) atoms. The molecule has 0 saturated carbocycles. The first-order chi connectivity index (χ1) is 18.8. The zero-order valence-corrected chi connectivity index (χ0v) is 23.6. The fourth-order valence-corrected chi connectivity index (χ4v) is 5.80. The fourth-order valence-electron chi connectivity index (χ4n) is 3.52. The Labute approximate surface area is 240 Å². The van der Waals surface area contributed by atoms with Gasteiger partial charge in [0.25, 0.3) is 30.4 Å². The number of aliphatic imine (C=N–C) groups is 2. The van der Waals surface area contributed by atoms with E-state index in [9.17, 15) is 44.0 Å². The smallest absolute Gasteiger partial charge is 0.296 e. The summed E-state index contributed by atoms with van der Waals surface area (Å²) in [4.78, 5) is 4.93. The molecule has 0 radical (unpaired) electrons. The van der Waals surface area contributed by atoms with Gasteiger partial charge in [-0.15, -0.1) is 10.2 Å². The lowest BCUT2D eigenvalue weighted by Crippen LogP contribution is -2.37. The van der Waals surface area contributed by atoms with Crippen LogP contribution in [0.1, 0.15) is 0 Å². The Hall–Kier alpha value is -3.63. The molecule has 1 heterocycles. The number of hydrogen-bond donors (Lipinski definition) is 7. The van der Waals surface area contributed by atoms with Crippen molar-refractivity contribution in [2.45, 2.75) is 20.3 Å². The lowest BCUT2D eigenvalue weighted by Gasteiger charge is -2.16. The second-order valence-corrected chi connectivity index (χ2v) is 12.9. The number of nitrogens with one attached hydrogen (secondary N) is 2. The molecule has 4 rings (SSSR count). The third-order valence-electron chi connectivity index (χ3n) is 5.18. The van der Waals surface area contributed by atoms with E-state index in [4.69, 9.17) is 28.9 Å². The van der Waals surface area contributed by atoms with Gasteiger partial charge >= 0.3 is 0 Å². The van der Waals surface area contributed by atoms with Crippen molar-refractivity contribution in [3.8, 4) is 5.75 Å². The molecule has 8 N–H and O–H groups in total. The molecule has 0 amide bonds. The van der Waals surface area contributed by atoms with E-state index in [-0.39, 0.29) is 27.7 Å². The Morgan fingerprint density at radius 1 is 0.902 bits per heavy atom. The SMILES string of the molecule is Nc1c(N=Nc2ccc(NC3=NC(Cl)N=C(Cl)N3)cc2S(=O)(=O)O)c(S(=O)(=O)O)cc2cc(S(=O)(=O)O)cc(O)c12. The van der Waals surface area contributed by atoms with Crippen molar-refractivity contribution in [3.05, 3.63) is 36.4 Å². The molecule has 0 fully saturated rings. The number of phenolic OH excluding ortho intramolecular Hbond substituents is 1. The van der Waals surface area contributed by atoms with Gasteiger partial charge in [-0.3, -0.25) is 13.7 Å². The number of benzene rings is 3. The normalized spacial score (nSPS) is 16.4. The number of nitrogens with two attached hydrogens (primary N) is 1. The van der Waals surface area contributed by atoms with Gasteiger partial charge in [-0.05, 0) is 47.3 Å². The van der Waals surface area contributed by atoms with Crippen LogP contribution in [0.25, 0.3) is 10.8 Å². The largest absolute Gasteiger partial charge is 0.507 e. The van der Waals surface area contributed by atoms with Gasteiger partial charge in [0.1, 0.15) is 26.9 Å². The molecule has 0 spiro atoms. The summed E-state index contributed by atoms with van der Waals surface area (Å²) >= 11 is 11.6. The molecule has 3 aromatic rings. The van der Waals surface area contributed by atoms with Crippen LogP contribution in [0.3, 0.4) is 0 Å². The van der Waals surface area contributed by atoms with Gasteiger partial charge in [-0.1, -0.05) is 11.6 Å². The molecular weight excluding hydrogens is 653 g/mol. The maximum atomic E-state index is 12.1. The number of hydrogen-bond acceptors (Lipinski definition) is 14. The van der Waals surface area contributed by atoms with Crippen LogP contribution in [-0.4, -0.2) is 60.9 Å². The minimum absolute atomic E-state index is 0.0284. The number of nitrogen functional groups attached to an aromatic ring is 1. The summed E-state index contributed by atoms with van der Waals surface area (Å²) in [6.45, 7) is 0. The summed E-state index contributed by atoms with van der Waals surface area (Å²) in [5, 5.41) is 22.0. The quantitative estimate of drug-likeness (QED) is 0.0655. The summed E-state index contributed by atoms with van der Waals surface area (Å²) < 4.78 is 100. The molecule has 218 valence electrons. The Morgan fingerprint density at radius 3 is 2.15 bits per heavy atom. The van der Waals surface area contributed by atoms with Crippen molar-refractivity contribution >= 4 is 98.3 Å². The van der Waals surface area contributed by atoms with Crippen LogP contribution in [0.2, 0.25) is 0 Å². The van der Waals surface area contributed by atoms with Crippen LogP contribution in [0.15, 0.2) is 71.3 Å². The maximum absolute atomic E-state index is 12.1. The van der Waals surface area contributed by atoms with Crippen molar-refractivity contribution < 1.29 is 44.0 Å². The van der Waals surface area contributed by atoms with Crippen molar-refractivity contribution in [2.24, 2.45) is 20.2 Å². The highest BCUT2D eigenvalue weighted by atomic mass is 35.5. The molecule has 1 atom stereocenters. The van der Waals surface area contributed by atoms with E-state index in [0.29, 0.717) is 12.1 Å². The molecule has 1 aliphatic heterocycles. The Bertz CT molecular complexity index is 2030. The molecule has 0 aromatic heterocycles. The Balaban J connectivity index is 1.85. The predicted octanol–water partition coefficient (Wildman–Crippen LogP) is 2.77. The van der Waals surface area contributed by atoms with Crippen LogP contribution < -0.4 is 16.4 Å². The first-order valence-electron chi connectivity index (χ1n) is 10.4.